The Balaban J connectivity index is 1.66. The van der Waals surface area contributed by atoms with Crippen LogP contribution in [0.4, 0.5) is 5.69 Å². The number of aryl methyl sites for hydroxylation is 1. The Morgan fingerprint density at radius 3 is 2.52 bits per heavy atom. The lowest BCUT2D eigenvalue weighted by atomic mass is 10.1. The summed E-state index contributed by atoms with van der Waals surface area (Å²) in [7, 11) is 0. The maximum absolute atomic E-state index is 12.1. The van der Waals surface area contributed by atoms with Gasteiger partial charge in [0.1, 0.15) is 0 Å². The number of hydrogen-bond acceptors (Lipinski definition) is 4. The third kappa shape index (κ3) is 3.76. The van der Waals surface area contributed by atoms with Gasteiger partial charge in [-0.05, 0) is 35.9 Å². The minimum absolute atomic E-state index is 0.125. The molecular weight excluding hydrogens is 314 g/mol. The van der Waals surface area contributed by atoms with Gasteiger partial charge in [-0.3, -0.25) is 4.79 Å². The average molecular weight is 328 g/mol. The lowest BCUT2D eigenvalue weighted by molar-refractivity contribution is -0.115. The Bertz CT molecular complexity index is 828. The number of nitrogens with one attached hydrogen (secondary N) is 1. The van der Waals surface area contributed by atoms with Crippen molar-refractivity contribution in [3.8, 4) is 11.5 Å². The van der Waals surface area contributed by atoms with Crippen molar-refractivity contribution in [3.05, 3.63) is 65.0 Å². The molecule has 3 rings (SSSR count). The largest absolute Gasteiger partial charge is 0.421 e. The molecule has 0 spiro atoms. The minimum Gasteiger partial charge on any atom is -0.421 e. The Kier molecular flexibility index (Phi) is 4.39. The van der Waals surface area contributed by atoms with E-state index in [1.807, 2.05) is 30.3 Å². The molecule has 2 aromatic carbocycles. The summed E-state index contributed by atoms with van der Waals surface area (Å²) in [6.45, 7) is 1.74. The van der Waals surface area contributed by atoms with Crippen molar-refractivity contribution in [3.63, 3.8) is 0 Å². The molecule has 23 heavy (non-hydrogen) atoms. The number of aromatic nitrogens is 2. The van der Waals surface area contributed by atoms with Crippen molar-refractivity contribution >= 4 is 23.2 Å². The predicted octanol–water partition coefficient (Wildman–Crippen LogP) is 3.88. The lowest BCUT2D eigenvalue weighted by Crippen LogP contribution is -2.14. The quantitative estimate of drug-likeness (QED) is 0.789. The summed E-state index contributed by atoms with van der Waals surface area (Å²) in [5, 5.41) is 11.2. The molecule has 0 aliphatic carbocycles. The predicted molar refractivity (Wildman–Crippen MR) is 88.3 cm³/mol. The smallest absolute Gasteiger partial charge is 0.247 e. The van der Waals surface area contributed by atoms with E-state index in [1.54, 1.807) is 25.1 Å². The number of anilines is 1. The van der Waals surface area contributed by atoms with Crippen molar-refractivity contribution in [2.45, 2.75) is 13.3 Å². The summed E-state index contributed by atoms with van der Waals surface area (Å²) in [5.74, 6) is 0.841. The molecule has 0 atom stereocenters. The fourth-order valence-corrected chi connectivity index (χ4v) is 2.33. The van der Waals surface area contributed by atoms with Crippen LogP contribution in [0.1, 0.15) is 11.5 Å². The molecule has 0 radical (unpaired) electrons. The van der Waals surface area contributed by atoms with E-state index in [-0.39, 0.29) is 12.3 Å². The third-order valence-electron chi connectivity index (χ3n) is 3.25. The van der Waals surface area contributed by atoms with Gasteiger partial charge in [0.05, 0.1) is 6.42 Å². The molecular formula is C17H14ClN3O2. The van der Waals surface area contributed by atoms with Crippen LogP contribution in [0.3, 0.4) is 0 Å². The monoisotopic (exact) mass is 327 g/mol. The summed E-state index contributed by atoms with van der Waals surface area (Å²) in [6.07, 6.45) is 0.226. The SMILES string of the molecule is Cc1nnc(-c2ccc(NC(=O)Cc3ccccc3Cl)cc2)o1. The van der Waals surface area contributed by atoms with Crippen LogP contribution in [0.2, 0.25) is 5.02 Å². The summed E-state index contributed by atoms with van der Waals surface area (Å²) < 4.78 is 5.36. The van der Waals surface area contributed by atoms with Crippen LogP contribution in [0.5, 0.6) is 0 Å². The van der Waals surface area contributed by atoms with Gasteiger partial charge in [-0.25, -0.2) is 0 Å². The minimum atomic E-state index is -0.125. The van der Waals surface area contributed by atoms with E-state index in [0.29, 0.717) is 22.5 Å². The van der Waals surface area contributed by atoms with E-state index in [4.69, 9.17) is 16.0 Å². The van der Waals surface area contributed by atoms with Gasteiger partial charge in [0.2, 0.25) is 17.7 Å². The molecule has 116 valence electrons. The topological polar surface area (TPSA) is 68.0 Å². The van der Waals surface area contributed by atoms with Crippen LogP contribution in [0.15, 0.2) is 52.9 Å². The van der Waals surface area contributed by atoms with Gasteiger partial charge in [0.15, 0.2) is 0 Å². The molecule has 1 amide bonds. The maximum Gasteiger partial charge on any atom is 0.247 e. The highest BCUT2D eigenvalue weighted by atomic mass is 35.5. The summed E-state index contributed by atoms with van der Waals surface area (Å²) in [6, 6.07) is 14.5. The third-order valence-corrected chi connectivity index (χ3v) is 3.62. The molecule has 3 aromatic rings. The highest BCUT2D eigenvalue weighted by Gasteiger charge is 2.09. The number of nitrogens with zero attached hydrogens (tertiary/aromatic N) is 2. The first kappa shape index (κ1) is 15.2. The first-order valence-electron chi connectivity index (χ1n) is 7.05. The Morgan fingerprint density at radius 1 is 1.13 bits per heavy atom. The van der Waals surface area contributed by atoms with Crippen LogP contribution < -0.4 is 5.32 Å². The standard InChI is InChI=1S/C17H14ClN3O2/c1-11-20-21-17(23-11)12-6-8-14(9-7-12)19-16(22)10-13-4-2-3-5-15(13)18/h2-9H,10H2,1H3,(H,19,22). The fraction of sp³-hybridized carbons (Fsp3) is 0.118. The van der Waals surface area contributed by atoms with Gasteiger partial charge in [-0.15, -0.1) is 10.2 Å². The number of benzene rings is 2. The van der Waals surface area contributed by atoms with E-state index < -0.39 is 0 Å². The van der Waals surface area contributed by atoms with Gasteiger partial charge in [-0.2, -0.15) is 0 Å². The first-order chi connectivity index (χ1) is 11.1. The molecule has 1 aromatic heterocycles. The molecule has 0 saturated carbocycles. The van der Waals surface area contributed by atoms with Crippen molar-refractivity contribution in [2.24, 2.45) is 0 Å². The van der Waals surface area contributed by atoms with Crippen LogP contribution in [0, 0.1) is 6.92 Å². The van der Waals surface area contributed by atoms with Crippen LogP contribution in [-0.4, -0.2) is 16.1 Å². The number of halogens is 1. The Labute approximate surface area is 138 Å². The fourth-order valence-electron chi connectivity index (χ4n) is 2.13. The van der Waals surface area contributed by atoms with E-state index in [9.17, 15) is 4.79 Å². The van der Waals surface area contributed by atoms with Crippen LogP contribution in [-0.2, 0) is 11.2 Å². The molecule has 6 heteroatoms. The maximum atomic E-state index is 12.1. The molecule has 0 aliphatic rings. The molecule has 1 N–H and O–H groups in total. The second-order valence-corrected chi connectivity index (χ2v) is 5.43. The van der Waals surface area contributed by atoms with Gasteiger partial charge in [0.25, 0.3) is 0 Å². The van der Waals surface area contributed by atoms with Crippen molar-refractivity contribution < 1.29 is 9.21 Å². The van der Waals surface area contributed by atoms with Crippen LogP contribution in [0.25, 0.3) is 11.5 Å². The number of carbonyl (C=O) groups is 1. The van der Waals surface area contributed by atoms with Gasteiger partial charge in [-0.1, -0.05) is 29.8 Å². The zero-order valence-corrected chi connectivity index (χ0v) is 13.2. The molecule has 0 fully saturated rings. The molecule has 0 aliphatic heterocycles. The second-order valence-electron chi connectivity index (χ2n) is 5.02. The van der Waals surface area contributed by atoms with Crippen LogP contribution >= 0.6 is 11.6 Å². The molecule has 0 saturated heterocycles. The normalized spacial score (nSPS) is 10.5. The Hall–Kier alpha value is -2.66. The van der Waals surface area contributed by atoms with Gasteiger partial charge >= 0.3 is 0 Å². The molecule has 0 bridgehead atoms. The zero-order chi connectivity index (χ0) is 16.2. The number of amides is 1. The van der Waals surface area contributed by atoms with Gasteiger partial charge in [0, 0.05) is 23.2 Å². The van der Waals surface area contributed by atoms with E-state index in [0.717, 1.165) is 11.1 Å². The van der Waals surface area contributed by atoms with Crippen molar-refractivity contribution in [2.75, 3.05) is 5.32 Å². The molecule has 1 heterocycles. The van der Waals surface area contributed by atoms with Crippen molar-refractivity contribution in [1.82, 2.24) is 10.2 Å². The average Bonchev–Trinajstić information content (AvgIpc) is 2.97. The summed E-state index contributed by atoms with van der Waals surface area (Å²) in [4.78, 5) is 12.1. The zero-order valence-electron chi connectivity index (χ0n) is 12.4. The number of rotatable bonds is 4. The highest BCUT2D eigenvalue weighted by molar-refractivity contribution is 6.31. The number of hydrogen-bond donors (Lipinski definition) is 1. The number of carbonyl (C=O) groups excluding carboxylic acids is 1. The van der Waals surface area contributed by atoms with Gasteiger partial charge < -0.3 is 9.73 Å². The second kappa shape index (κ2) is 6.62. The van der Waals surface area contributed by atoms with E-state index in [1.165, 1.54) is 0 Å². The highest BCUT2D eigenvalue weighted by Crippen LogP contribution is 2.21. The Morgan fingerprint density at radius 2 is 1.87 bits per heavy atom. The summed E-state index contributed by atoms with van der Waals surface area (Å²) >= 11 is 6.06. The lowest BCUT2D eigenvalue weighted by Gasteiger charge is -2.07. The van der Waals surface area contributed by atoms with E-state index >= 15 is 0 Å². The van der Waals surface area contributed by atoms with Crippen molar-refractivity contribution in [1.29, 1.82) is 0 Å². The first-order valence-corrected chi connectivity index (χ1v) is 7.43. The van der Waals surface area contributed by atoms with E-state index in [2.05, 4.69) is 15.5 Å². The molecule has 5 nitrogen and oxygen atoms in total. The summed E-state index contributed by atoms with van der Waals surface area (Å²) in [5.41, 5.74) is 2.29. The molecule has 0 unspecified atom stereocenters.